The first-order valence-electron chi connectivity index (χ1n) is 13.6. The molecule has 0 aromatic heterocycles. The molecule has 40 heavy (non-hydrogen) atoms. The van der Waals surface area contributed by atoms with Gasteiger partial charge in [0.15, 0.2) is 0 Å². The van der Waals surface area contributed by atoms with Gasteiger partial charge in [0.25, 0.3) is 0 Å². The predicted octanol–water partition coefficient (Wildman–Crippen LogP) is 1.72. The number of likely N-dealkylation sites (tertiary alicyclic amines) is 1. The maximum Gasteiger partial charge on any atom is 0.245 e. The van der Waals surface area contributed by atoms with Crippen molar-refractivity contribution in [1.29, 1.82) is 0 Å². The third kappa shape index (κ3) is 5.97. The monoisotopic (exact) mass is 572 g/mol. The van der Waals surface area contributed by atoms with Gasteiger partial charge in [0.2, 0.25) is 27.7 Å². The van der Waals surface area contributed by atoms with Crippen molar-refractivity contribution >= 4 is 27.7 Å². The van der Waals surface area contributed by atoms with Gasteiger partial charge in [0.05, 0.1) is 11.4 Å². The number of rotatable bonds is 11. The Kier molecular flexibility index (Phi) is 8.36. The number of para-hydroxylation sites is 1. The zero-order chi connectivity index (χ0) is 28.3. The van der Waals surface area contributed by atoms with Crippen LogP contribution in [0.4, 0.5) is 4.39 Å². The zero-order valence-electron chi connectivity index (χ0n) is 22.2. The summed E-state index contributed by atoms with van der Waals surface area (Å²) in [6.07, 6.45) is 2.08. The molecule has 5 rings (SSSR count). The number of carbonyl (C=O) groups is 3. The van der Waals surface area contributed by atoms with Crippen molar-refractivity contribution in [3.63, 3.8) is 0 Å². The van der Waals surface area contributed by atoms with Crippen LogP contribution < -0.4 is 4.74 Å². The highest BCUT2D eigenvalue weighted by Crippen LogP contribution is 2.31. The molecular weight excluding hydrogens is 539 g/mol. The maximum absolute atomic E-state index is 14.0. The Balaban J connectivity index is 1.30. The molecule has 0 radical (unpaired) electrons. The molecule has 2 unspecified atom stereocenters. The number of halogens is 1. The number of sulfonamides is 1. The molecule has 0 N–H and O–H groups in total. The number of ether oxygens (including phenoxy) is 1. The van der Waals surface area contributed by atoms with Crippen molar-refractivity contribution in [2.24, 2.45) is 0 Å². The minimum Gasteiger partial charge on any atom is -0.492 e. The topological polar surface area (TPSA) is 108 Å². The number of carbonyl (C=O) groups excluding carboxylic acids is 3. The predicted molar refractivity (Wildman–Crippen MR) is 143 cm³/mol. The SMILES string of the molecule is O=C1CCCN1CCCN1CC(=O)N2CC(N(CCOc3ccccc3)S(=O)(=O)c3cccc(F)c3)CC2C1=O. The van der Waals surface area contributed by atoms with Gasteiger partial charge in [-0.25, -0.2) is 12.8 Å². The van der Waals surface area contributed by atoms with E-state index in [-0.39, 0.29) is 55.3 Å². The molecule has 2 aromatic rings. The zero-order valence-corrected chi connectivity index (χ0v) is 23.0. The molecule has 3 heterocycles. The van der Waals surface area contributed by atoms with Gasteiger partial charge in [-0.1, -0.05) is 24.3 Å². The van der Waals surface area contributed by atoms with E-state index in [4.69, 9.17) is 4.74 Å². The second-order valence-corrected chi connectivity index (χ2v) is 12.2. The average molecular weight is 573 g/mol. The van der Waals surface area contributed by atoms with Crippen LogP contribution in [-0.2, 0) is 24.4 Å². The Hall–Kier alpha value is -3.51. The van der Waals surface area contributed by atoms with Gasteiger partial charge in [0, 0.05) is 45.2 Å². The number of fused-ring (bicyclic) bond motifs is 1. The molecule has 3 saturated heterocycles. The normalized spacial score (nSPS) is 21.4. The summed E-state index contributed by atoms with van der Waals surface area (Å²) in [5.41, 5.74) is 0. The Morgan fingerprint density at radius 2 is 1.75 bits per heavy atom. The van der Waals surface area contributed by atoms with Crippen molar-refractivity contribution in [1.82, 2.24) is 19.0 Å². The average Bonchev–Trinajstić information content (AvgIpc) is 3.57. The lowest BCUT2D eigenvalue weighted by Crippen LogP contribution is -2.57. The third-order valence-corrected chi connectivity index (χ3v) is 9.63. The summed E-state index contributed by atoms with van der Waals surface area (Å²) in [4.78, 5) is 42.9. The summed E-state index contributed by atoms with van der Waals surface area (Å²) in [6.45, 7) is 1.56. The van der Waals surface area contributed by atoms with E-state index in [0.29, 0.717) is 38.2 Å². The Bertz CT molecular complexity index is 1360. The summed E-state index contributed by atoms with van der Waals surface area (Å²) in [5, 5.41) is 0. The fraction of sp³-hybridized carbons (Fsp3) is 0.464. The molecule has 3 fully saturated rings. The van der Waals surface area contributed by atoms with Gasteiger partial charge in [-0.3, -0.25) is 14.4 Å². The van der Waals surface area contributed by atoms with Gasteiger partial charge in [-0.15, -0.1) is 0 Å². The number of hydrogen-bond donors (Lipinski definition) is 0. The van der Waals surface area contributed by atoms with Gasteiger partial charge >= 0.3 is 0 Å². The molecule has 214 valence electrons. The van der Waals surface area contributed by atoms with E-state index < -0.39 is 27.9 Å². The molecule has 3 amide bonds. The number of benzene rings is 2. The number of nitrogens with zero attached hydrogens (tertiary/aromatic N) is 4. The minimum absolute atomic E-state index is 0.0307. The van der Waals surface area contributed by atoms with Crippen LogP contribution in [0.15, 0.2) is 59.5 Å². The van der Waals surface area contributed by atoms with Crippen molar-refractivity contribution < 1.29 is 31.9 Å². The first kappa shape index (κ1) is 28.0. The lowest BCUT2D eigenvalue weighted by Gasteiger charge is -2.36. The van der Waals surface area contributed by atoms with Crippen LogP contribution in [0, 0.1) is 5.82 Å². The van der Waals surface area contributed by atoms with Gasteiger partial charge < -0.3 is 19.4 Å². The lowest BCUT2D eigenvalue weighted by atomic mass is 10.1. The Morgan fingerprint density at radius 1 is 0.975 bits per heavy atom. The van der Waals surface area contributed by atoms with E-state index in [9.17, 15) is 27.2 Å². The van der Waals surface area contributed by atoms with Crippen LogP contribution in [0.2, 0.25) is 0 Å². The second-order valence-electron chi connectivity index (χ2n) is 10.3. The minimum atomic E-state index is -4.17. The molecule has 3 aliphatic heterocycles. The fourth-order valence-electron chi connectivity index (χ4n) is 5.69. The quantitative estimate of drug-likeness (QED) is 0.406. The molecular formula is C28H33FN4O6S. The smallest absolute Gasteiger partial charge is 0.245 e. The summed E-state index contributed by atoms with van der Waals surface area (Å²) in [5.74, 6) is -0.457. The van der Waals surface area contributed by atoms with Crippen LogP contribution in [-0.4, -0.2) is 103 Å². The molecule has 12 heteroatoms. The highest BCUT2D eigenvalue weighted by Gasteiger charge is 2.49. The number of piperazine rings is 1. The molecule has 0 bridgehead atoms. The van der Waals surface area contributed by atoms with E-state index in [2.05, 4.69) is 0 Å². The number of hydrogen-bond acceptors (Lipinski definition) is 6. The van der Waals surface area contributed by atoms with Crippen LogP contribution in [0.5, 0.6) is 5.75 Å². The van der Waals surface area contributed by atoms with Crippen LogP contribution in [0.25, 0.3) is 0 Å². The highest BCUT2D eigenvalue weighted by molar-refractivity contribution is 7.89. The lowest BCUT2D eigenvalue weighted by molar-refractivity contribution is -0.153. The van der Waals surface area contributed by atoms with E-state index >= 15 is 0 Å². The summed E-state index contributed by atoms with van der Waals surface area (Å²) in [6, 6.07) is 12.3. The van der Waals surface area contributed by atoms with Gasteiger partial charge in [-0.2, -0.15) is 4.31 Å². The summed E-state index contributed by atoms with van der Waals surface area (Å²) >= 11 is 0. The largest absolute Gasteiger partial charge is 0.492 e. The Labute approximate surface area is 233 Å². The molecule has 0 spiro atoms. The molecule has 2 aromatic carbocycles. The third-order valence-electron chi connectivity index (χ3n) is 7.68. The molecule has 2 atom stereocenters. The molecule has 10 nitrogen and oxygen atoms in total. The molecule has 0 aliphatic carbocycles. The summed E-state index contributed by atoms with van der Waals surface area (Å²) in [7, 11) is -4.17. The molecule has 3 aliphatic rings. The van der Waals surface area contributed by atoms with E-state index in [1.165, 1.54) is 32.3 Å². The first-order valence-corrected chi connectivity index (χ1v) is 15.0. The number of amides is 3. The standard InChI is InChI=1S/C28H33FN4O6S/c29-21-7-4-10-24(17-21)40(37,38)33(15-16-39-23-8-2-1-3-9-23)22-18-25-28(36)31(20-27(35)32(25)19-22)14-6-13-30-12-5-11-26(30)34/h1-4,7-10,17,22,25H,5-6,11-16,18-20H2. The van der Waals surface area contributed by atoms with E-state index in [0.717, 1.165) is 12.5 Å². The van der Waals surface area contributed by atoms with Gasteiger partial charge in [0.1, 0.15) is 24.2 Å². The second kappa shape index (κ2) is 11.9. The van der Waals surface area contributed by atoms with Crippen LogP contribution >= 0.6 is 0 Å². The van der Waals surface area contributed by atoms with Crippen molar-refractivity contribution in [2.75, 3.05) is 45.9 Å². The van der Waals surface area contributed by atoms with Crippen LogP contribution in [0.1, 0.15) is 25.7 Å². The van der Waals surface area contributed by atoms with Crippen molar-refractivity contribution in [2.45, 2.75) is 42.7 Å². The summed E-state index contributed by atoms with van der Waals surface area (Å²) < 4.78 is 48.4. The van der Waals surface area contributed by atoms with Gasteiger partial charge in [-0.05, 0) is 49.6 Å². The molecule has 0 saturated carbocycles. The highest BCUT2D eigenvalue weighted by atomic mass is 32.2. The van der Waals surface area contributed by atoms with Crippen molar-refractivity contribution in [3.8, 4) is 5.75 Å². The van der Waals surface area contributed by atoms with E-state index in [1.807, 2.05) is 6.07 Å². The van der Waals surface area contributed by atoms with Crippen molar-refractivity contribution in [3.05, 3.63) is 60.4 Å². The maximum atomic E-state index is 14.0. The first-order chi connectivity index (χ1) is 19.2. The van der Waals surface area contributed by atoms with Crippen LogP contribution in [0.3, 0.4) is 0 Å². The fourth-order valence-corrected chi connectivity index (χ4v) is 7.33. The van der Waals surface area contributed by atoms with E-state index in [1.54, 1.807) is 29.2 Å². The Morgan fingerprint density at radius 3 is 2.48 bits per heavy atom.